The van der Waals surface area contributed by atoms with E-state index in [0.717, 1.165) is 5.56 Å². The van der Waals surface area contributed by atoms with E-state index in [4.69, 9.17) is 5.26 Å². The number of carbonyl (C=O) groups excluding carboxylic acids is 1. The van der Waals surface area contributed by atoms with Gasteiger partial charge in [-0.2, -0.15) is 5.26 Å². The first-order chi connectivity index (χ1) is 10.9. The molecule has 2 aromatic rings. The summed E-state index contributed by atoms with van der Waals surface area (Å²) in [6.07, 6.45) is 4.19. The van der Waals surface area contributed by atoms with Gasteiger partial charge in [-0.25, -0.2) is 0 Å². The fraction of sp³-hybridized carbons (Fsp3) is 0.200. The normalized spacial score (nSPS) is 11.2. The predicted molar refractivity (Wildman–Crippen MR) is 94.0 cm³/mol. The summed E-state index contributed by atoms with van der Waals surface area (Å²) in [5, 5.41) is 11.7. The summed E-state index contributed by atoms with van der Waals surface area (Å²) in [5.41, 5.74) is 2.90. The summed E-state index contributed by atoms with van der Waals surface area (Å²) >= 11 is 0. The molecule has 2 rings (SSSR count). The molecule has 0 aliphatic heterocycles. The van der Waals surface area contributed by atoms with Crippen LogP contribution in [0.4, 0.5) is 5.69 Å². The van der Waals surface area contributed by atoms with Crippen molar-refractivity contribution in [1.29, 1.82) is 5.26 Å². The van der Waals surface area contributed by atoms with Crippen LogP contribution in [0.1, 0.15) is 42.3 Å². The number of amides is 1. The third-order valence-electron chi connectivity index (χ3n) is 3.20. The molecule has 2 aromatic carbocycles. The van der Waals surface area contributed by atoms with Gasteiger partial charge in [0.25, 0.3) is 5.91 Å². The maximum Gasteiger partial charge on any atom is 0.255 e. The number of hydrogen-bond donors (Lipinski definition) is 1. The standard InChI is InChI=1S/C20H20N2O/c1-20(2,3)12-11-15-7-9-17(10-8-15)19(23)22-18-6-4-5-16(13-18)14-21/h4-13H,1-3H3,(H,22,23)/b12-11+. The van der Waals surface area contributed by atoms with Crippen molar-refractivity contribution < 1.29 is 4.79 Å². The SMILES string of the molecule is CC(C)(C)/C=C/c1ccc(C(=O)Nc2cccc(C#N)c2)cc1. The van der Waals surface area contributed by atoms with Crippen molar-refractivity contribution in [3.05, 3.63) is 71.3 Å². The molecular formula is C20H20N2O. The summed E-state index contributed by atoms with van der Waals surface area (Å²) in [6, 6.07) is 16.3. The topological polar surface area (TPSA) is 52.9 Å². The van der Waals surface area contributed by atoms with Crippen LogP contribution in [0.25, 0.3) is 6.08 Å². The van der Waals surface area contributed by atoms with E-state index in [9.17, 15) is 4.79 Å². The first-order valence-corrected chi connectivity index (χ1v) is 7.48. The number of allylic oxidation sites excluding steroid dienone is 1. The van der Waals surface area contributed by atoms with E-state index in [1.54, 1.807) is 36.4 Å². The monoisotopic (exact) mass is 304 g/mol. The van der Waals surface area contributed by atoms with Gasteiger partial charge in [0.15, 0.2) is 0 Å². The summed E-state index contributed by atoms with van der Waals surface area (Å²) < 4.78 is 0. The number of nitriles is 1. The van der Waals surface area contributed by atoms with E-state index in [1.165, 1.54) is 0 Å². The van der Waals surface area contributed by atoms with Gasteiger partial charge in [0, 0.05) is 11.3 Å². The first-order valence-electron chi connectivity index (χ1n) is 7.48. The average molecular weight is 304 g/mol. The van der Waals surface area contributed by atoms with E-state index in [1.807, 2.05) is 12.1 Å². The largest absolute Gasteiger partial charge is 0.322 e. The van der Waals surface area contributed by atoms with Crippen LogP contribution >= 0.6 is 0 Å². The Labute approximate surface area is 137 Å². The lowest BCUT2D eigenvalue weighted by atomic mass is 9.95. The molecule has 0 unspecified atom stereocenters. The number of benzene rings is 2. The molecule has 0 bridgehead atoms. The Morgan fingerprint density at radius 1 is 1.13 bits per heavy atom. The molecule has 0 saturated heterocycles. The fourth-order valence-corrected chi connectivity index (χ4v) is 1.96. The summed E-state index contributed by atoms with van der Waals surface area (Å²) in [5.74, 6) is -0.188. The Morgan fingerprint density at radius 2 is 1.83 bits per heavy atom. The van der Waals surface area contributed by atoms with Crippen LogP contribution in [0.5, 0.6) is 0 Å². The van der Waals surface area contributed by atoms with E-state index in [-0.39, 0.29) is 11.3 Å². The Hall–Kier alpha value is -2.86. The second kappa shape index (κ2) is 6.93. The first kappa shape index (κ1) is 16.5. The zero-order chi connectivity index (χ0) is 16.9. The van der Waals surface area contributed by atoms with Crippen molar-refractivity contribution in [2.45, 2.75) is 20.8 Å². The van der Waals surface area contributed by atoms with Gasteiger partial charge in [0.1, 0.15) is 0 Å². The molecule has 1 N–H and O–H groups in total. The third-order valence-corrected chi connectivity index (χ3v) is 3.20. The molecule has 116 valence electrons. The molecule has 23 heavy (non-hydrogen) atoms. The maximum atomic E-state index is 12.2. The number of anilines is 1. The van der Waals surface area contributed by atoms with Crippen LogP contribution < -0.4 is 5.32 Å². The highest BCUT2D eigenvalue weighted by molar-refractivity contribution is 6.04. The quantitative estimate of drug-likeness (QED) is 0.879. The highest BCUT2D eigenvalue weighted by atomic mass is 16.1. The number of carbonyl (C=O) groups is 1. The molecule has 0 aliphatic carbocycles. The third kappa shape index (κ3) is 5.12. The van der Waals surface area contributed by atoms with Crippen molar-refractivity contribution >= 4 is 17.7 Å². The van der Waals surface area contributed by atoms with E-state index in [0.29, 0.717) is 16.8 Å². The van der Waals surface area contributed by atoms with Crippen LogP contribution in [0.15, 0.2) is 54.6 Å². The minimum absolute atomic E-state index is 0.127. The number of rotatable bonds is 3. The van der Waals surface area contributed by atoms with Gasteiger partial charge in [-0.15, -0.1) is 0 Å². The molecule has 0 heterocycles. The second-order valence-corrected chi connectivity index (χ2v) is 6.47. The Bertz CT molecular complexity index is 759. The van der Waals surface area contributed by atoms with Crippen molar-refractivity contribution in [3.63, 3.8) is 0 Å². The van der Waals surface area contributed by atoms with Crippen LogP contribution in [0, 0.1) is 16.7 Å². The van der Waals surface area contributed by atoms with Gasteiger partial charge in [-0.05, 0) is 41.3 Å². The number of nitrogens with zero attached hydrogens (tertiary/aromatic N) is 1. The molecule has 0 fully saturated rings. The molecule has 0 aromatic heterocycles. The molecule has 0 radical (unpaired) electrons. The van der Waals surface area contributed by atoms with Gasteiger partial charge in [-0.1, -0.05) is 51.1 Å². The van der Waals surface area contributed by atoms with Crippen molar-refractivity contribution in [3.8, 4) is 6.07 Å². The Kier molecular flexibility index (Phi) is 4.98. The molecule has 3 heteroatoms. The molecular weight excluding hydrogens is 284 g/mol. The lowest BCUT2D eigenvalue weighted by Gasteiger charge is -2.11. The lowest BCUT2D eigenvalue weighted by molar-refractivity contribution is 0.102. The van der Waals surface area contributed by atoms with Gasteiger partial charge >= 0.3 is 0 Å². The highest BCUT2D eigenvalue weighted by Crippen LogP contribution is 2.18. The Balaban J connectivity index is 2.08. The van der Waals surface area contributed by atoms with E-state index >= 15 is 0 Å². The molecule has 0 spiro atoms. The Morgan fingerprint density at radius 3 is 2.43 bits per heavy atom. The maximum absolute atomic E-state index is 12.2. The smallest absolute Gasteiger partial charge is 0.255 e. The van der Waals surface area contributed by atoms with Crippen LogP contribution in [-0.2, 0) is 0 Å². The average Bonchev–Trinajstić information content (AvgIpc) is 2.53. The molecule has 0 aliphatic rings. The van der Waals surface area contributed by atoms with Crippen LogP contribution in [0.2, 0.25) is 0 Å². The van der Waals surface area contributed by atoms with Gasteiger partial charge < -0.3 is 5.32 Å². The zero-order valence-corrected chi connectivity index (χ0v) is 13.6. The van der Waals surface area contributed by atoms with E-state index < -0.39 is 0 Å². The minimum atomic E-state index is -0.188. The molecule has 0 atom stereocenters. The minimum Gasteiger partial charge on any atom is -0.322 e. The van der Waals surface area contributed by atoms with Gasteiger partial charge in [0.2, 0.25) is 0 Å². The number of hydrogen-bond acceptors (Lipinski definition) is 2. The summed E-state index contributed by atoms with van der Waals surface area (Å²) in [7, 11) is 0. The van der Waals surface area contributed by atoms with Crippen LogP contribution in [-0.4, -0.2) is 5.91 Å². The summed E-state index contributed by atoms with van der Waals surface area (Å²) in [4.78, 5) is 12.2. The lowest BCUT2D eigenvalue weighted by Crippen LogP contribution is -2.11. The predicted octanol–water partition coefficient (Wildman–Crippen LogP) is 4.87. The molecule has 0 saturated carbocycles. The second-order valence-electron chi connectivity index (χ2n) is 6.47. The van der Waals surface area contributed by atoms with E-state index in [2.05, 4.69) is 44.3 Å². The molecule has 3 nitrogen and oxygen atoms in total. The van der Waals surface area contributed by atoms with Crippen molar-refractivity contribution in [2.75, 3.05) is 5.32 Å². The highest BCUT2D eigenvalue weighted by Gasteiger charge is 2.07. The van der Waals surface area contributed by atoms with Crippen molar-refractivity contribution in [1.82, 2.24) is 0 Å². The zero-order valence-electron chi connectivity index (χ0n) is 13.6. The van der Waals surface area contributed by atoms with Crippen LogP contribution in [0.3, 0.4) is 0 Å². The molecule has 1 amide bonds. The van der Waals surface area contributed by atoms with Gasteiger partial charge in [0.05, 0.1) is 11.6 Å². The van der Waals surface area contributed by atoms with Crippen molar-refractivity contribution in [2.24, 2.45) is 5.41 Å². The fourth-order valence-electron chi connectivity index (χ4n) is 1.96. The summed E-state index contributed by atoms with van der Waals surface area (Å²) in [6.45, 7) is 6.42. The van der Waals surface area contributed by atoms with Gasteiger partial charge in [-0.3, -0.25) is 4.79 Å². The number of nitrogens with one attached hydrogen (secondary N) is 1.